The lowest BCUT2D eigenvalue weighted by Crippen LogP contribution is -2.32. The van der Waals surface area contributed by atoms with E-state index in [4.69, 9.17) is 4.42 Å². The van der Waals surface area contributed by atoms with E-state index in [1.807, 2.05) is 0 Å². The molecule has 1 unspecified atom stereocenters. The average Bonchev–Trinajstić information content (AvgIpc) is 3.08. The summed E-state index contributed by atoms with van der Waals surface area (Å²) < 4.78 is 33.9. The smallest absolute Gasteiger partial charge is 0.387 e. The summed E-state index contributed by atoms with van der Waals surface area (Å²) in [6.07, 6.45) is 0.220. The predicted octanol–water partition coefficient (Wildman–Crippen LogP) is 2.64. The zero-order valence-corrected chi connectivity index (χ0v) is 12.5. The van der Waals surface area contributed by atoms with Crippen LogP contribution in [0.2, 0.25) is 0 Å². The van der Waals surface area contributed by atoms with Gasteiger partial charge in [-0.2, -0.15) is 8.78 Å². The summed E-state index contributed by atoms with van der Waals surface area (Å²) in [7, 11) is 0. The van der Waals surface area contributed by atoms with Gasteiger partial charge in [0.2, 0.25) is 0 Å². The Bertz CT molecular complexity index is 738. The van der Waals surface area contributed by atoms with Gasteiger partial charge in [0.05, 0.1) is 23.4 Å². The van der Waals surface area contributed by atoms with Gasteiger partial charge in [0.15, 0.2) is 0 Å². The first-order chi connectivity index (χ1) is 11.9. The fourth-order valence-corrected chi connectivity index (χ4v) is 1.87. The molecule has 9 nitrogen and oxygen atoms in total. The van der Waals surface area contributed by atoms with Crippen molar-refractivity contribution in [3.8, 4) is 5.75 Å². The third kappa shape index (κ3) is 5.14. The van der Waals surface area contributed by atoms with E-state index in [0.717, 1.165) is 18.2 Å². The maximum Gasteiger partial charge on any atom is 0.387 e. The SMILES string of the molecule is O=C(NCC(O)c1ccco1)Nc1cc([N+](=O)[O-])ccc1OC(F)F. The highest BCUT2D eigenvalue weighted by Crippen LogP contribution is 2.30. The summed E-state index contributed by atoms with van der Waals surface area (Å²) in [6.45, 7) is -3.41. The molecule has 0 aliphatic rings. The van der Waals surface area contributed by atoms with Crippen LogP contribution in [0.3, 0.4) is 0 Å². The number of nitro benzene ring substituents is 1. The van der Waals surface area contributed by atoms with Gasteiger partial charge in [-0.05, 0) is 18.2 Å². The van der Waals surface area contributed by atoms with Crippen molar-refractivity contribution in [2.45, 2.75) is 12.7 Å². The third-order valence-electron chi connectivity index (χ3n) is 2.97. The molecule has 11 heteroatoms. The molecule has 0 radical (unpaired) electrons. The Morgan fingerprint density at radius 1 is 1.40 bits per heavy atom. The molecule has 0 bridgehead atoms. The zero-order chi connectivity index (χ0) is 18.4. The Balaban J connectivity index is 2.04. The van der Waals surface area contributed by atoms with Crippen molar-refractivity contribution in [1.29, 1.82) is 0 Å². The number of non-ortho nitro benzene ring substituents is 1. The number of amides is 2. The number of furan rings is 1. The molecule has 1 heterocycles. The zero-order valence-electron chi connectivity index (χ0n) is 12.5. The van der Waals surface area contributed by atoms with E-state index in [0.29, 0.717) is 0 Å². The Morgan fingerprint density at radius 3 is 2.76 bits per heavy atom. The van der Waals surface area contributed by atoms with Gasteiger partial charge in [-0.15, -0.1) is 0 Å². The summed E-state index contributed by atoms with van der Waals surface area (Å²) in [4.78, 5) is 21.8. The van der Waals surface area contributed by atoms with Crippen molar-refractivity contribution in [3.05, 3.63) is 52.5 Å². The lowest BCUT2D eigenvalue weighted by molar-refractivity contribution is -0.384. The number of hydrogen-bond acceptors (Lipinski definition) is 6. The van der Waals surface area contributed by atoms with Crippen LogP contribution in [0.25, 0.3) is 0 Å². The number of carbonyl (C=O) groups excluding carboxylic acids is 1. The van der Waals surface area contributed by atoms with Crippen LogP contribution >= 0.6 is 0 Å². The number of nitrogens with one attached hydrogen (secondary N) is 2. The minimum absolute atomic E-state index is 0.220. The molecule has 0 aliphatic heterocycles. The van der Waals surface area contributed by atoms with Crippen LogP contribution in [-0.4, -0.2) is 29.2 Å². The number of ether oxygens (including phenoxy) is 1. The summed E-state index contributed by atoms with van der Waals surface area (Å²) in [5.74, 6) is -0.222. The second-order valence-electron chi connectivity index (χ2n) is 4.68. The first-order valence-electron chi connectivity index (χ1n) is 6.86. The van der Waals surface area contributed by atoms with Crippen LogP contribution in [0.4, 0.5) is 25.0 Å². The van der Waals surface area contributed by atoms with E-state index in [1.165, 1.54) is 12.3 Å². The second-order valence-corrected chi connectivity index (χ2v) is 4.68. The fraction of sp³-hybridized carbons (Fsp3) is 0.214. The van der Waals surface area contributed by atoms with Crippen molar-refractivity contribution in [3.63, 3.8) is 0 Å². The summed E-state index contributed by atoms with van der Waals surface area (Å²) in [5.41, 5.74) is -0.743. The van der Waals surface area contributed by atoms with Gasteiger partial charge in [0.25, 0.3) is 5.69 Å². The predicted molar refractivity (Wildman–Crippen MR) is 80.4 cm³/mol. The number of aliphatic hydroxyl groups is 1. The normalized spacial score (nSPS) is 11.8. The van der Waals surface area contributed by atoms with Crippen molar-refractivity contribution in [2.75, 3.05) is 11.9 Å². The Hall–Kier alpha value is -3.21. The van der Waals surface area contributed by atoms with E-state index in [9.17, 15) is 28.8 Å². The minimum atomic E-state index is -3.18. The first-order valence-corrected chi connectivity index (χ1v) is 6.86. The minimum Gasteiger partial charge on any atom is -0.467 e. The van der Waals surface area contributed by atoms with Gasteiger partial charge in [-0.3, -0.25) is 10.1 Å². The van der Waals surface area contributed by atoms with Crippen LogP contribution < -0.4 is 15.4 Å². The maximum absolute atomic E-state index is 12.4. The number of carbonyl (C=O) groups is 1. The van der Waals surface area contributed by atoms with E-state index >= 15 is 0 Å². The average molecular weight is 357 g/mol. The van der Waals surface area contributed by atoms with Crippen LogP contribution in [0.1, 0.15) is 11.9 Å². The summed E-state index contributed by atoms with van der Waals surface area (Å²) in [6, 6.07) is 4.94. The van der Waals surface area contributed by atoms with Crippen LogP contribution in [-0.2, 0) is 0 Å². The first kappa shape index (κ1) is 18.1. The van der Waals surface area contributed by atoms with E-state index in [2.05, 4.69) is 15.4 Å². The largest absolute Gasteiger partial charge is 0.467 e. The summed E-state index contributed by atoms with van der Waals surface area (Å²) >= 11 is 0. The maximum atomic E-state index is 12.4. The Kier molecular flexibility index (Phi) is 5.84. The number of anilines is 1. The van der Waals surface area contributed by atoms with Crippen LogP contribution in [0.15, 0.2) is 41.0 Å². The van der Waals surface area contributed by atoms with Crippen molar-refractivity contribution in [1.82, 2.24) is 5.32 Å². The molecule has 1 atom stereocenters. The molecule has 25 heavy (non-hydrogen) atoms. The standard InChI is InChI=1S/C14H13F2N3O6/c15-13(16)25-11-4-3-8(19(22)23)6-9(11)18-14(21)17-7-10(20)12-2-1-5-24-12/h1-6,10,13,20H,7H2,(H2,17,18,21). The summed E-state index contributed by atoms with van der Waals surface area (Å²) in [5, 5.41) is 25.0. The van der Waals surface area contributed by atoms with E-state index < -0.39 is 35.1 Å². The number of urea groups is 1. The number of hydrogen-bond donors (Lipinski definition) is 3. The van der Waals surface area contributed by atoms with Crippen molar-refractivity contribution >= 4 is 17.4 Å². The van der Waals surface area contributed by atoms with Crippen LogP contribution in [0, 0.1) is 10.1 Å². The second kappa shape index (κ2) is 8.06. The van der Waals surface area contributed by atoms with Gasteiger partial charge in [-0.25, -0.2) is 4.79 Å². The molecule has 1 aromatic carbocycles. The lowest BCUT2D eigenvalue weighted by Gasteiger charge is -2.13. The monoisotopic (exact) mass is 357 g/mol. The molecule has 134 valence electrons. The van der Waals surface area contributed by atoms with Crippen molar-refractivity contribution < 1.29 is 32.8 Å². The van der Waals surface area contributed by atoms with Crippen molar-refractivity contribution in [2.24, 2.45) is 0 Å². The number of nitro groups is 1. The van der Waals surface area contributed by atoms with Gasteiger partial charge >= 0.3 is 12.6 Å². The van der Waals surface area contributed by atoms with Gasteiger partial charge in [0, 0.05) is 12.1 Å². The number of aliphatic hydroxyl groups excluding tert-OH is 1. The highest BCUT2D eigenvalue weighted by molar-refractivity contribution is 5.91. The molecule has 2 amide bonds. The molecular formula is C14H13F2N3O6. The molecule has 0 saturated carbocycles. The van der Waals surface area contributed by atoms with Crippen LogP contribution in [0.5, 0.6) is 5.75 Å². The number of nitrogens with zero attached hydrogens (tertiary/aromatic N) is 1. The molecule has 0 saturated heterocycles. The molecule has 0 spiro atoms. The molecule has 1 aromatic heterocycles. The van der Waals surface area contributed by atoms with E-state index in [1.54, 1.807) is 6.07 Å². The topological polar surface area (TPSA) is 127 Å². The molecular weight excluding hydrogens is 344 g/mol. The fourth-order valence-electron chi connectivity index (χ4n) is 1.87. The Labute approximate surface area is 139 Å². The number of benzene rings is 1. The Morgan fingerprint density at radius 2 is 2.16 bits per heavy atom. The number of alkyl halides is 2. The van der Waals surface area contributed by atoms with Gasteiger partial charge in [-0.1, -0.05) is 0 Å². The number of halogens is 2. The van der Waals surface area contributed by atoms with E-state index in [-0.39, 0.29) is 18.0 Å². The molecule has 2 rings (SSSR count). The third-order valence-corrected chi connectivity index (χ3v) is 2.97. The lowest BCUT2D eigenvalue weighted by atomic mass is 10.2. The quantitative estimate of drug-likeness (QED) is 0.516. The molecule has 0 aliphatic carbocycles. The molecule has 2 aromatic rings. The highest BCUT2D eigenvalue weighted by Gasteiger charge is 2.18. The highest BCUT2D eigenvalue weighted by atomic mass is 19.3. The number of rotatable bonds is 7. The van der Waals surface area contributed by atoms with Gasteiger partial charge in [0.1, 0.15) is 17.6 Å². The molecule has 0 fully saturated rings. The van der Waals surface area contributed by atoms with Gasteiger partial charge < -0.3 is 24.9 Å². The molecule has 3 N–H and O–H groups in total.